The summed E-state index contributed by atoms with van der Waals surface area (Å²) in [5, 5.41) is 0.614. The molecule has 0 bridgehead atoms. The molecule has 28 heavy (non-hydrogen) atoms. The summed E-state index contributed by atoms with van der Waals surface area (Å²) in [7, 11) is 0. The van der Waals surface area contributed by atoms with Gasteiger partial charge in [-0.05, 0) is 29.8 Å². The van der Waals surface area contributed by atoms with Crippen LogP contribution in [0.4, 0.5) is 5.69 Å². The first-order valence-electron chi connectivity index (χ1n) is 8.59. The molecular formula is C21H15ClN4O2. The van der Waals surface area contributed by atoms with E-state index in [2.05, 4.69) is 15.0 Å². The number of H-pyrrole nitrogens is 1. The van der Waals surface area contributed by atoms with E-state index >= 15 is 0 Å². The van der Waals surface area contributed by atoms with Gasteiger partial charge in [0, 0.05) is 6.20 Å². The molecule has 0 fully saturated rings. The third-order valence-corrected chi connectivity index (χ3v) is 4.57. The number of benzene rings is 2. The third-order valence-electron chi connectivity index (χ3n) is 4.27. The fourth-order valence-corrected chi connectivity index (χ4v) is 3.15. The van der Waals surface area contributed by atoms with E-state index in [1.54, 1.807) is 42.6 Å². The number of hydrogen-bond donors (Lipinski definition) is 1. The first-order chi connectivity index (χ1) is 13.6. The highest BCUT2D eigenvalue weighted by Crippen LogP contribution is 2.26. The Morgan fingerprint density at radius 1 is 1.00 bits per heavy atom. The van der Waals surface area contributed by atoms with E-state index in [-0.39, 0.29) is 23.1 Å². The maximum absolute atomic E-state index is 13.3. The summed E-state index contributed by atoms with van der Waals surface area (Å²) in [6.07, 6.45) is 1.55. The Hall–Kier alpha value is -3.51. The largest absolute Gasteiger partial charge is 0.302 e. The number of fused-ring (bicyclic) bond motifs is 1. The molecule has 0 radical (unpaired) electrons. The van der Waals surface area contributed by atoms with Crippen molar-refractivity contribution in [1.82, 2.24) is 15.0 Å². The highest BCUT2D eigenvalue weighted by Gasteiger charge is 2.23. The zero-order chi connectivity index (χ0) is 19.5. The third kappa shape index (κ3) is 3.50. The summed E-state index contributed by atoms with van der Waals surface area (Å²) in [5.41, 5.74) is 1.42. The smallest absolute Gasteiger partial charge is 0.294 e. The molecule has 0 atom stereocenters. The van der Waals surface area contributed by atoms with Gasteiger partial charge in [-0.3, -0.25) is 14.5 Å². The van der Waals surface area contributed by atoms with E-state index in [4.69, 9.17) is 11.6 Å². The van der Waals surface area contributed by atoms with E-state index in [9.17, 15) is 9.59 Å². The number of anilines is 1. The lowest BCUT2D eigenvalue weighted by Gasteiger charge is -2.23. The SMILES string of the molecule is O=C(c1nc2ccccc2c(=O)[nH]1)N(Cc1ccccc1)c1cccnc1Cl. The van der Waals surface area contributed by atoms with E-state index in [1.165, 1.54) is 4.90 Å². The lowest BCUT2D eigenvalue weighted by atomic mass is 10.2. The first-order valence-corrected chi connectivity index (χ1v) is 8.96. The molecule has 1 amide bonds. The fourth-order valence-electron chi connectivity index (χ4n) is 2.93. The Morgan fingerprint density at radius 2 is 1.75 bits per heavy atom. The molecule has 0 unspecified atom stereocenters. The van der Waals surface area contributed by atoms with Crippen LogP contribution >= 0.6 is 11.6 Å². The van der Waals surface area contributed by atoms with Crippen LogP contribution in [-0.4, -0.2) is 20.9 Å². The molecule has 4 aromatic rings. The number of carbonyl (C=O) groups is 1. The van der Waals surface area contributed by atoms with Crippen molar-refractivity contribution < 1.29 is 4.79 Å². The second-order valence-electron chi connectivity index (χ2n) is 6.12. The highest BCUT2D eigenvalue weighted by atomic mass is 35.5. The molecule has 0 aliphatic carbocycles. The van der Waals surface area contributed by atoms with Crippen molar-refractivity contribution in [2.45, 2.75) is 6.54 Å². The molecule has 138 valence electrons. The zero-order valence-electron chi connectivity index (χ0n) is 14.7. The topological polar surface area (TPSA) is 79.0 Å². The molecule has 0 aliphatic rings. The highest BCUT2D eigenvalue weighted by molar-refractivity contribution is 6.32. The molecule has 0 saturated heterocycles. The van der Waals surface area contributed by atoms with Gasteiger partial charge in [0.15, 0.2) is 11.0 Å². The van der Waals surface area contributed by atoms with E-state index in [1.807, 2.05) is 30.3 Å². The Labute approximate surface area is 165 Å². The van der Waals surface area contributed by atoms with Crippen LogP contribution in [0.15, 0.2) is 77.7 Å². The lowest BCUT2D eigenvalue weighted by molar-refractivity contribution is 0.0975. The lowest BCUT2D eigenvalue weighted by Crippen LogP contribution is -2.33. The summed E-state index contributed by atoms with van der Waals surface area (Å²) in [6.45, 7) is 0.252. The first kappa shape index (κ1) is 17.9. The van der Waals surface area contributed by atoms with Crippen molar-refractivity contribution >= 4 is 34.1 Å². The minimum absolute atomic E-state index is 0.0560. The second kappa shape index (κ2) is 7.62. The van der Waals surface area contributed by atoms with Crippen LogP contribution in [0.25, 0.3) is 10.9 Å². The molecular weight excluding hydrogens is 376 g/mol. The number of aromatic nitrogens is 3. The number of halogens is 1. The Morgan fingerprint density at radius 3 is 2.54 bits per heavy atom. The number of nitrogens with zero attached hydrogens (tertiary/aromatic N) is 3. The predicted molar refractivity (Wildman–Crippen MR) is 109 cm³/mol. The zero-order valence-corrected chi connectivity index (χ0v) is 15.4. The number of hydrogen-bond acceptors (Lipinski definition) is 4. The van der Waals surface area contributed by atoms with E-state index < -0.39 is 5.91 Å². The Balaban J connectivity index is 1.81. The van der Waals surface area contributed by atoms with E-state index in [0.717, 1.165) is 5.56 Å². The molecule has 2 aromatic heterocycles. The van der Waals surface area contributed by atoms with Gasteiger partial charge in [0.05, 0.1) is 23.1 Å². The number of carbonyl (C=O) groups excluding carboxylic acids is 1. The van der Waals surface area contributed by atoms with Crippen LogP contribution in [0.3, 0.4) is 0 Å². The van der Waals surface area contributed by atoms with Crippen LogP contribution in [0.1, 0.15) is 16.2 Å². The molecule has 0 aliphatic heterocycles. The van der Waals surface area contributed by atoms with Crippen LogP contribution in [0, 0.1) is 0 Å². The van der Waals surface area contributed by atoms with Gasteiger partial charge in [-0.15, -0.1) is 0 Å². The molecule has 1 N–H and O–H groups in total. The van der Waals surface area contributed by atoms with Crippen LogP contribution in [-0.2, 0) is 6.54 Å². The van der Waals surface area contributed by atoms with Gasteiger partial charge in [-0.25, -0.2) is 9.97 Å². The van der Waals surface area contributed by atoms with Crippen molar-refractivity contribution in [3.63, 3.8) is 0 Å². The molecule has 0 spiro atoms. The quantitative estimate of drug-likeness (QED) is 0.537. The predicted octanol–water partition coefficient (Wildman–Crippen LogP) is 3.82. The van der Waals surface area contributed by atoms with Gasteiger partial charge in [0.2, 0.25) is 0 Å². The summed E-state index contributed by atoms with van der Waals surface area (Å²) < 4.78 is 0. The molecule has 7 heteroatoms. The van der Waals surface area contributed by atoms with Gasteiger partial charge in [-0.1, -0.05) is 54.1 Å². The van der Waals surface area contributed by atoms with Gasteiger partial charge >= 0.3 is 0 Å². The average molecular weight is 391 g/mol. The Kier molecular flexibility index (Phi) is 4.87. The molecule has 0 saturated carbocycles. The number of rotatable bonds is 4. The minimum atomic E-state index is -0.471. The van der Waals surface area contributed by atoms with Gasteiger partial charge in [0.1, 0.15) is 0 Å². The molecule has 2 heterocycles. The van der Waals surface area contributed by atoms with Crippen molar-refractivity contribution in [1.29, 1.82) is 0 Å². The van der Waals surface area contributed by atoms with Gasteiger partial charge in [-0.2, -0.15) is 0 Å². The van der Waals surface area contributed by atoms with Crippen LogP contribution in [0.2, 0.25) is 5.15 Å². The van der Waals surface area contributed by atoms with E-state index in [0.29, 0.717) is 16.6 Å². The number of amides is 1. The van der Waals surface area contributed by atoms with Crippen molar-refractivity contribution in [3.05, 3.63) is 99.8 Å². The maximum Gasteiger partial charge on any atom is 0.294 e. The average Bonchev–Trinajstić information content (AvgIpc) is 2.73. The Bertz CT molecular complexity index is 1210. The van der Waals surface area contributed by atoms with Crippen molar-refractivity contribution in [2.24, 2.45) is 0 Å². The summed E-state index contributed by atoms with van der Waals surface area (Å²) in [5.74, 6) is -0.527. The number of aromatic amines is 1. The summed E-state index contributed by atoms with van der Waals surface area (Å²) in [4.78, 5) is 38.1. The standard InChI is InChI=1S/C21H15ClN4O2/c22-18-17(11-6-12-23-18)26(13-14-7-2-1-3-8-14)21(28)19-24-16-10-5-4-9-15(16)20(27)25-19/h1-12H,13H2,(H,24,25,27). The van der Waals surface area contributed by atoms with Crippen molar-refractivity contribution in [3.8, 4) is 0 Å². The van der Waals surface area contributed by atoms with Crippen LogP contribution in [0.5, 0.6) is 0 Å². The molecule has 6 nitrogen and oxygen atoms in total. The number of para-hydroxylation sites is 1. The minimum Gasteiger partial charge on any atom is -0.302 e. The summed E-state index contributed by atoms with van der Waals surface area (Å²) in [6, 6.07) is 19.8. The van der Waals surface area contributed by atoms with Crippen molar-refractivity contribution in [2.75, 3.05) is 4.90 Å². The molecule has 4 rings (SSSR count). The van der Waals surface area contributed by atoms with Gasteiger partial charge in [0.25, 0.3) is 11.5 Å². The normalized spacial score (nSPS) is 10.8. The van der Waals surface area contributed by atoms with Gasteiger partial charge < -0.3 is 4.98 Å². The summed E-state index contributed by atoms with van der Waals surface area (Å²) >= 11 is 6.25. The second-order valence-corrected chi connectivity index (χ2v) is 6.48. The number of nitrogens with one attached hydrogen (secondary N) is 1. The van der Waals surface area contributed by atoms with Crippen LogP contribution < -0.4 is 10.5 Å². The number of pyridine rings is 1. The fraction of sp³-hybridized carbons (Fsp3) is 0.0476. The monoisotopic (exact) mass is 390 g/mol. The molecule has 2 aromatic carbocycles. The maximum atomic E-state index is 13.3.